The van der Waals surface area contributed by atoms with Crippen LogP contribution >= 0.6 is 0 Å². The van der Waals surface area contributed by atoms with Crippen LogP contribution < -0.4 is 4.74 Å². The van der Waals surface area contributed by atoms with Gasteiger partial charge < -0.3 is 9.84 Å². The number of benzene rings is 4. The highest BCUT2D eigenvalue weighted by Crippen LogP contribution is 2.32. The second-order valence-electron chi connectivity index (χ2n) is 6.78. The van der Waals surface area contributed by atoms with E-state index in [0.717, 1.165) is 39.1 Å². The summed E-state index contributed by atoms with van der Waals surface area (Å²) < 4.78 is 5.58. The molecule has 4 rings (SSSR count). The Kier molecular flexibility index (Phi) is 5.11. The van der Waals surface area contributed by atoms with Crippen LogP contribution in [0.4, 0.5) is 0 Å². The fraction of sp³-hybridized carbons (Fsp3) is 0.0769. The molecule has 0 heterocycles. The molecule has 2 heteroatoms. The molecule has 0 radical (unpaired) electrons. The van der Waals surface area contributed by atoms with Crippen molar-refractivity contribution in [1.82, 2.24) is 0 Å². The molecular weight excluding hydrogens is 344 g/mol. The average molecular weight is 366 g/mol. The first-order chi connectivity index (χ1) is 13.7. The first-order valence-electron chi connectivity index (χ1n) is 9.34. The number of aromatic hydroxyl groups is 1. The number of phenols is 1. The summed E-state index contributed by atoms with van der Waals surface area (Å²) in [5.74, 6) is 1.12. The van der Waals surface area contributed by atoms with Crippen LogP contribution in [0, 0.1) is 0 Å². The van der Waals surface area contributed by atoms with Gasteiger partial charge in [-0.15, -0.1) is 0 Å². The fourth-order valence-corrected chi connectivity index (χ4v) is 3.47. The van der Waals surface area contributed by atoms with Gasteiger partial charge in [-0.25, -0.2) is 0 Å². The summed E-state index contributed by atoms with van der Waals surface area (Å²) in [4.78, 5) is 0. The molecule has 2 nitrogen and oxygen atoms in total. The zero-order valence-corrected chi connectivity index (χ0v) is 15.8. The average Bonchev–Trinajstić information content (AvgIpc) is 2.76. The van der Waals surface area contributed by atoms with Crippen molar-refractivity contribution in [1.29, 1.82) is 0 Å². The lowest BCUT2D eigenvalue weighted by molar-refractivity contribution is 0.410. The van der Waals surface area contributed by atoms with Crippen LogP contribution in [0.15, 0.2) is 97.1 Å². The van der Waals surface area contributed by atoms with Gasteiger partial charge in [-0.2, -0.15) is 0 Å². The van der Waals surface area contributed by atoms with Crippen molar-refractivity contribution in [3.63, 3.8) is 0 Å². The molecule has 0 fully saturated rings. The molecule has 0 amide bonds. The van der Waals surface area contributed by atoms with Gasteiger partial charge in [0.15, 0.2) is 0 Å². The Balaban J connectivity index is 1.72. The van der Waals surface area contributed by atoms with Gasteiger partial charge in [0.1, 0.15) is 11.5 Å². The third-order valence-corrected chi connectivity index (χ3v) is 4.96. The number of methoxy groups -OCH3 is 1. The van der Waals surface area contributed by atoms with Crippen molar-refractivity contribution in [3.05, 3.63) is 108 Å². The maximum absolute atomic E-state index is 10.5. The van der Waals surface area contributed by atoms with Gasteiger partial charge in [0, 0.05) is 6.42 Å². The Hall–Kier alpha value is -3.52. The third-order valence-electron chi connectivity index (χ3n) is 4.96. The highest BCUT2D eigenvalue weighted by Gasteiger charge is 2.11. The minimum absolute atomic E-state index is 0.298. The van der Waals surface area contributed by atoms with Gasteiger partial charge in [-0.1, -0.05) is 72.8 Å². The highest BCUT2D eigenvalue weighted by atomic mass is 16.5. The van der Waals surface area contributed by atoms with Gasteiger partial charge in [0.2, 0.25) is 0 Å². The van der Waals surface area contributed by atoms with Crippen LogP contribution in [0.2, 0.25) is 0 Å². The number of hydrogen-bond acceptors (Lipinski definition) is 2. The van der Waals surface area contributed by atoms with Crippen molar-refractivity contribution in [2.75, 3.05) is 7.11 Å². The lowest BCUT2D eigenvalue weighted by Gasteiger charge is -2.13. The quantitative estimate of drug-likeness (QED) is 0.447. The molecule has 138 valence electrons. The zero-order chi connectivity index (χ0) is 19.3. The van der Waals surface area contributed by atoms with Crippen molar-refractivity contribution in [2.24, 2.45) is 0 Å². The van der Waals surface area contributed by atoms with Gasteiger partial charge >= 0.3 is 0 Å². The van der Waals surface area contributed by atoms with Crippen molar-refractivity contribution in [3.8, 4) is 33.8 Å². The number of phenolic OH excluding ortho intramolecular Hbond substituents is 1. The van der Waals surface area contributed by atoms with E-state index >= 15 is 0 Å². The highest BCUT2D eigenvalue weighted by molar-refractivity contribution is 5.68. The lowest BCUT2D eigenvalue weighted by atomic mass is 9.95. The Morgan fingerprint density at radius 3 is 1.71 bits per heavy atom. The summed E-state index contributed by atoms with van der Waals surface area (Å²) in [7, 11) is 1.68. The Morgan fingerprint density at radius 2 is 1.14 bits per heavy atom. The first kappa shape index (κ1) is 17.9. The predicted molar refractivity (Wildman–Crippen MR) is 115 cm³/mol. The van der Waals surface area contributed by atoms with Gasteiger partial charge in [0.05, 0.1) is 7.11 Å². The monoisotopic (exact) mass is 366 g/mol. The number of ether oxygens (including phenoxy) is 1. The smallest absolute Gasteiger partial charge is 0.122 e. The molecule has 0 saturated heterocycles. The van der Waals surface area contributed by atoms with Crippen LogP contribution in [-0.2, 0) is 6.42 Å². The van der Waals surface area contributed by atoms with E-state index in [2.05, 4.69) is 42.5 Å². The van der Waals surface area contributed by atoms with E-state index in [1.54, 1.807) is 13.2 Å². The maximum atomic E-state index is 10.5. The minimum atomic E-state index is 0.298. The van der Waals surface area contributed by atoms with Gasteiger partial charge in [-0.05, 0) is 57.6 Å². The largest absolute Gasteiger partial charge is 0.508 e. The van der Waals surface area contributed by atoms with E-state index in [-0.39, 0.29) is 0 Å². The molecule has 28 heavy (non-hydrogen) atoms. The molecule has 0 aliphatic rings. The first-order valence-corrected chi connectivity index (χ1v) is 9.34. The number of rotatable bonds is 5. The van der Waals surface area contributed by atoms with E-state index in [4.69, 9.17) is 4.74 Å². The van der Waals surface area contributed by atoms with Gasteiger partial charge in [0.25, 0.3) is 0 Å². The molecule has 0 bridgehead atoms. The van der Waals surface area contributed by atoms with E-state index in [1.165, 1.54) is 0 Å². The van der Waals surface area contributed by atoms with Crippen molar-refractivity contribution >= 4 is 0 Å². The molecule has 0 aliphatic carbocycles. The molecule has 4 aromatic rings. The molecule has 0 aromatic heterocycles. The lowest BCUT2D eigenvalue weighted by Crippen LogP contribution is -1.96. The summed E-state index contributed by atoms with van der Waals surface area (Å²) in [5, 5.41) is 10.5. The minimum Gasteiger partial charge on any atom is -0.508 e. The summed E-state index contributed by atoms with van der Waals surface area (Å²) in [6.07, 6.45) is 0.594. The standard InChI is InChI=1S/C26H22O2/c1-28-26-15-13-22(20-10-6-3-7-11-20)17-24(26)18-23-16-21(12-14-25(23)27)19-8-4-2-5-9-19/h2-17,27H,18H2,1H3. The van der Waals surface area contributed by atoms with Crippen LogP contribution in [0.3, 0.4) is 0 Å². The normalized spacial score (nSPS) is 10.6. The van der Waals surface area contributed by atoms with Crippen LogP contribution in [0.1, 0.15) is 11.1 Å². The number of hydrogen-bond donors (Lipinski definition) is 1. The molecule has 0 aliphatic heterocycles. The maximum Gasteiger partial charge on any atom is 0.122 e. The second kappa shape index (κ2) is 8.01. The van der Waals surface area contributed by atoms with E-state index in [1.807, 2.05) is 48.5 Å². The summed E-state index contributed by atoms with van der Waals surface area (Å²) >= 11 is 0. The van der Waals surface area contributed by atoms with Crippen LogP contribution in [-0.4, -0.2) is 12.2 Å². The SMILES string of the molecule is COc1ccc(-c2ccccc2)cc1Cc1cc(-c2ccccc2)ccc1O. The zero-order valence-electron chi connectivity index (χ0n) is 15.8. The van der Waals surface area contributed by atoms with E-state index < -0.39 is 0 Å². The Morgan fingerprint density at radius 1 is 0.607 bits per heavy atom. The molecule has 0 saturated carbocycles. The topological polar surface area (TPSA) is 29.5 Å². The van der Waals surface area contributed by atoms with Crippen LogP contribution in [0.25, 0.3) is 22.3 Å². The molecule has 0 spiro atoms. The van der Waals surface area contributed by atoms with E-state index in [0.29, 0.717) is 12.2 Å². The van der Waals surface area contributed by atoms with Crippen LogP contribution in [0.5, 0.6) is 11.5 Å². The summed E-state index contributed by atoms with van der Waals surface area (Å²) in [6.45, 7) is 0. The van der Waals surface area contributed by atoms with Crippen molar-refractivity contribution < 1.29 is 9.84 Å². The van der Waals surface area contributed by atoms with Gasteiger partial charge in [-0.3, -0.25) is 0 Å². The summed E-state index contributed by atoms with van der Waals surface area (Å²) in [6, 6.07) is 32.5. The third kappa shape index (κ3) is 3.77. The molecule has 0 unspecified atom stereocenters. The molecule has 0 atom stereocenters. The second-order valence-corrected chi connectivity index (χ2v) is 6.78. The fourth-order valence-electron chi connectivity index (χ4n) is 3.47. The predicted octanol–water partition coefficient (Wildman–Crippen LogP) is 6.33. The van der Waals surface area contributed by atoms with Crippen molar-refractivity contribution in [2.45, 2.75) is 6.42 Å². The molecular formula is C26H22O2. The molecule has 4 aromatic carbocycles. The molecule has 1 N–H and O–H groups in total. The Bertz CT molecular complexity index is 1070. The summed E-state index contributed by atoms with van der Waals surface area (Å²) in [5.41, 5.74) is 6.44. The van der Waals surface area contributed by atoms with E-state index in [9.17, 15) is 5.11 Å². The Labute approximate surface area is 165 Å².